The van der Waals surface area contributed by atoms with E-state index in [4.69, 9.17) is 4.74 Å². The number of amides is 1. The molecule has 3 rings (SSSR count). The van der Waals surface area contributed by atoms with E-state index >= 15 is 0 Å². The number of para-hydroxylation sites is 2. The van der Waals surface area contributed by atoms with Gasteiger partial charge in [-0.3, -0.25) is 4.79 Å². The number of hydrogen-bond acceptors (Lipinski definition) is 4. The number of carbonyl (C=O) groups excluding carboxylic acids is 1. The second kappa shape index (κ2) is 9.23. The van der Waals surface area contributed by atoms with Crippen LogP contribution in [-0.4, -0.2) is 44.5 Å². The molecule has 11 heteroatoms. The molecule has 1 aliphatic heterocycles. The molecule has 0 aromatic heterocycles. The number of rotatable bonds is 6. The molecule has 0 atom stereocenters. The lowest BCUT2D eigenvalue weighted by Crippen LogP contribution is -2.36. The standard InChI is InChI=1S/C20H20F4N2O4S/c21-15-9-8-14(12-18(15)31(28,29)26-10-4-1-5-11-26)19(27)25-16-6-2-3-7-17(16)30-13-20(22,23)24/h2-3,6-9,12H,1,4-5,10-11,13H2,(H,25,27). The van der Waals surface area contributed by atoms with Crippen molar-refractivity contribution >= 4 is 21.6 Å². The zero-order chi connectivity index (χ0) is 22.6. The van der Waals surface area contributed by atoms with E-state index in [1.54, 1.807) is 0 Å². The fourth-order valence-corrected chi connectivity index (χ4v) is 4.74. The Hall–Kier alpha value is -2.66. The number of piperidine rings is 1. The smallest absolute Gasteiger partial charge is 0.422 e. The van der Waals surface area contributed by atoms with E-state index < -0.39 is 39.4 Å². The molecule has 168 valence electrons. The van der Waals surface area contributed by atoms with Crippen LogP contribution in [0.1, 0.15) is 29.6 Å². The predicted octanol–water partition coefficient (Wildman–Crippen LogP) is 4.19. The summed E-state index contributed by atoms with van der Waals surface area (Å²) in [6.07, 6.45) is -2.36. The molecule has 1 amide bonds. The Morgan fingerprint density at radius 3 is 2.42 bits per heavy atom. The molecule has 1 heterocycles. The van der Waals surface area contributed by atoms with Gasteiger partial charge in [0, 0.05) is 18.7 Å². The van der Waals surface area contributed by atoms with E-state index in [-0.39, 0.29) is 30.1 Å². The molecule has 1 aliphatic rings. The first-order valence-electron chi connectivity index (χ1n) is 9.47. The summed E-state index contributed by atoms with van der Waals surface area (Å²) < 4.78 is 83.1. The number of alkyl halides is 3. The van der Waals surface area contributed by atoms with Gasteiger partial charge in [0.05, 0.1) is 5.69 Å². The van der Waals surface area contributed by atoms with Crippen molar-refractivity contribution < 1.29 is 35.5 Å². The lowest BCUT2D eigenvalue weighted by Gasteiger charge is -2.26. The minimum Gasteiger partial charge on any atom is -0.482 e. The van der Waals surface area contributed by atoms with Gasteiger partial charge in [0.15, 0.2) is 6.61 Å². The lowest BCUT2D eigenvalue weighted by atomic mass is 10.2. The highest BCUT2D eigenvalue weighted by atomic mass is 32.2. The van der Waals surface area contributed by atoms with Gasteiger partial charge in [0.1, 0.15) is 16.5 Å². The SMILES string of the molecule is O=C(Nc1ccccc1OCC(F)(F)F)c1ccc(F)c(S(=O)(=O)N2CCCCC2)c1. The average molecular weight is 460 g/mol. The van der Waals surface area contributed by atoms with Crippen molar-refractivity contribution in [1.29, 1.82) is 0 Å². The number of halogens is 4. The van der Waals surface area contributed by atoms with Gasteiger partial charge in [-0.1, -0.05) is 18.6 Å². The number of hydrogen-bond donors (Lipinski definition) is 1. The summed E-state index contributed by atoms with van der Waals surface area (Å²) in [7, 11) is -4.13. The third-order valence-corrected chi connectivity index (χ3v) is 6.57. The van der Waals surface area contributed by atoms with Crippen molar-refractivity contribution in [2.75, 3.05) is 25.0 Å². The van der Waals surface area contributed by atoms with Crippen LogP contribution in [0.5, 0.6) is 5.75 Å². The van der Waals surface area contributed by atoms with Crippen LogP contribution >= 0.6 is 0 Å². The Labute approximate surface area is 176 Å². The summed E-state index contributed by atoms with van der Waals surface area (Å²) >= 11 is 0. The topological polar surface area (TPSA) is 75.7 Å². The van der Waals surface area contributed by atoms with Gasteiger partial charge in [0.2, 0.25) is 10.0 Å². The third-order valence-electron chi connectivity index (χ3n) is 4.65. The van der Waals surface area contributed by atoms with Gasteiger partial charge in [-0.25, -0.2) is 12.8 Å². The number of nitrogens with zero attached hydrogens (tertiary/aromatic N) is 1. The van der Waals surface area contributed by atoms with Crippen LogP contribution in [0.2, 0.25) is 0 Å². The van der Waals surface area contributed by atoms with Gasteiger partial charge in [0.25, 0.3) is 5.91 Å². The largest absolute Gasteiger partial charge is 0.482 e. The van der Waals surface area contributed by atoms with E-state index in [1.165, 1.54) is 28.6 Å². The second-order valence-electron chi connectivity index (χ2n) is 6.96. The van der Waals surface area contributed by atoms with Crippen molar-refractivity contribution in [3.8, 4) is 5.75 Å². The predicted molar refractivity (Wildman–Crippen MR) is 105 cm³/mol. The van der Waals surface area contributed by atoms with Crippen LogP contribution < -0.4 is 10.1 Å². The molecule has 0 bridgehead atoms. The number of carbonyl (C=O) groups is 1. The quantitative estimate of drug-likeness (QED) is 0.656. The monoisotopic (exact) mass is 460 g/mol. The molecule has 2 aromatic carbocycles. The molecule has 0 spiro atoms. The summed E-state index contributed by atoms with van der Waals surface area (Å²) in [6.45, 7) is -1.01. The molecule has 0 radical (unpaired) electrons. The zero-order valence-electron chi connectivity index (χ0n) is 16.3. The van der Waals surface area contributed by atoms with Crippen LogP contribution in [0.25, 0.3) is 0 Å². The average Bonchev–Trinajstić information content (AvgIpc) is 2.73. The summed E-state index contributed by atoms with van der Waals surface area (Å²) in [5.74, 6) is -2.02. The third kappa shape index (κ3) is 5.73. The molecule has 6 nitrogen and oxygen atoms in total. The van der Waals surface area contributed by atoms with E-state index in [0.717, 1.165) is 24.6 Å². The maximum Gasteiger partial charge on any atom is 0.422 e. The number of benzene rings is 2. The molecule has 0 saturated carbocycles. The van der Waals surface area contributed by atoms with E-state index in [2.05, 4.69) is 5.32 Å². The van der Waals surface area contributed by atoms with Crippen molar-refractivity contribution in [2.45, 2.75) is 30.3 Å². The molecule has 1 saturated heterocycles. The summed E-state index contributed by atoms with van der Waals surface area (Å²) in [5.41, 5.74) is -0.205. The molecule has 1 fully saturated rings. The normalized spacial score (nSPS) is 15.5. The Balaban J connectivity index is 1.83. The second-order valence-corrected chi connectivity index (χ2v) is 8.87. The summed E-state index contributed by atoms with van der Waals surface area (Å²) in [6, 6.07) is 8.39. The Morgan fingerprint density at radius 1 is 1.06 bits per heavy atom. The first-order chi connectivity index (χ1) is 14.6. The Kier molecular flexibility index (Phi) is 6.85. The minimum atomic E-state index is -4.56. The maximum atomic E-state index is 14.3. The van der Waals surface area contributed by atoms with E-state index in [1.807, 2.05) is 0 Å². The van der Waals surface area contributed by atoms with Gasteiger partial charge in [-0.05, 0) is 43.2 Å². The highest BCUT2D eigenvalue weighted by Gasteiger charge is 2.30. The molecule has 2 aromatic rings. The number of anilines is 1. The summed E-state index contributed by atoms with van der Waals surface area (Å²) in [5, 5.41) is 2.38. The van der Waals surface area contributed by atoms with Crippen molar-refractivity contribution in [2.24, 2.45) is 0 Å². The van der Waals surface area contributed by atoms with Gasteiger partial charge >= 0.3 is 6.18 Å². The number of ether oxygens (including phenoxy) is 1. The Morgan fingerprint density at radius 2 is 1.74 bits per heavy atom. The van der Waals surface area contributed by atoms with Crippen molar-refractivity contribution in [3.63, 3.8) is 0 Å². The van der Waals surface area contributed by atoms with Crippen LogP contribution in [0.4, 0.5) is 23.2 Å². The van der Waals surface area contributed by atoms with Crippen LogP contribution in [0, 0.1) is 5.82 Å². The van der Waals surface area contributed by atoms with Crippen LogP contribution in [-0.2, 0) is 10.0 Å². The van der Waals surface area contributed by atoms with Crippen LogP contribution in [0.15, 0.2) is 47.4 Å². The molecule has 31 heavy (non-hydrogen) atoms. The van der Waals surface area contributed by atoms with Crippen molar-refractivity contribution in [3.05, 3.63) is 53.8 Å². The molecular formula is C20H20F4N2O4S. The highest BCUT2D eigenvalue weighted by molar-refractivity contribution is 7.89. The zero-order valence-corrected chi connectivity index (χ0v) is 17.1. The van der Waals surface area contributed by atoms with Crippen molar-refractivity contribution in [1.82, 2.24) is 4.31 Å². The van der Waals surface area contributed by atoms with Crippen LogP contribution in [0.3, 0.4) is 0 Å². The molecule has 1 N–H and O–H groups in total. The molecule has 0 aliphatic carbocycles. The minimum absolute atomic E-state index is 0.0403. The first kappa shape index (κ1) is 23.0. The number of nitrogens with one attached hydrogen (secondary N) is 1. The van der Waals surface area contributed by atoms with E-state index in [0.29, 0.717) is 12.8 Å². The molecular weight excluding hydrogens is 440 g/mol. The fraction of sp³-hybridized carbons (Fsp3) is 0.350. The van der Waals surface area contributed by atoms with E-state index in [9.17, 15) is 30.8 Å². The maximum absolute atomic E-state index is 14.3. The Bertz CT molecular complexity index is 1050. The highest BCUT2D eigenvalue weighted by Crippen LogP contribution is 2.28. The first-order valence-corrected chi connectivity index (χ1v) is 10.9. The lowest BCUT2D eigenvalue weighted by molar-refractivity contribution is -0.153. The fourth-order valence-electron chi connectivity index (χ4n) is 3.14. The molecule has 0 unspecified atom stereocenters. The van der Waals surface area contributed by atoms with Gasteiger partial charge in [-0.2, -0.15) is 17.5 Å². The van der Waals surface area contributed by atoms with Gasteiger partial charge < -0.3 is 10.1 Å². The summed E-state index contributed by atoms with van der Waals surface area (Å²) in [4.78, 5) is 12.0. The number of sulfonamides is 1. The van der Waals surface area contributed by atoms with Gasteiger partial charge in [-0.15, -0.1) is 0 Å².